The Morgan fingerprint density at radius 2 is 2.15 bits per heavy atom. The summed E-state index contributed by atoms with van der Waals surface area (Å²) in [5.41, 5.74) is 0.422. The molecule has 2 N–H and O–H groups in total. The van der Waals surface area contributed by atoms with Gasteiger partial charge in [0.25, 0.3) is 0 Å². The number of hydrogen-bond donors (Lipinski definition) is 2. The zero-order valence-corrected chi connectivity index (χ0v) is 12.5. The Morgan fingerprint density at radius 3 is 2.80 bits per heavy atom. The number of aromatic carboxylic acids is 1. The molecule has 0 aliphatic carbocycles. The van der Waals surface area contributed by atoms with Gasteiger partial charge in [0.2, 0.25) is 5.91 Å². The van der Waals surface area contributed by atoms with Crippen LogP contribution in [0.1, 0.15) is 10.4 Å². The molecule has 0 fully saturated rings. The maximum Gasteiger partial charge on any atom is 0.335 e. The molecule has 7 heteroatoms. The van der Waals surface area contributed by atoms with Crippen LogP contribution in [0.2, 0.25) is 5.02 Å². The molecule has 0 spiro atoms. The highest BCUT2D eigenvalue weighted by molar-refractivity contribution is 8.01. The highest BCUT2D eigenvalue weighted by Gasteiger charge is 2.09. The first-order chi connectivity index (χ1) is 9.54. The second-order valence-electron chi connectivity index (χ2n) is 3.80. The highest BCUT2D eigenvalue weighted by Crippen LogP contribution is 2.24. The quantitative estimate of drug-likeness (QED) is 0.819. The molecule has 1 amide bonds. The lowest BCUT2D eigenvalue weighted by Gasteiger charge is -2.06. The molecule has 0 aliphatic heterocycles. The maximum absolute atomic E-state index is 11.8. The predicted molar refractivity (Wildman–Crippen MR) is 82.1 cm³/mol. The van der Waals surface area contributed by atoms with Crippen molar-refractivity contribution in [3.05, 3.63) is 46.3 Å². The number of benzene rings is 1. The molecule has 104 valence electrons. The van der Waals surface area contributed by atoms with Gasteiger partial charge in [-0.1, -0.05) is 17.7 Å². The number of carboxylic acid groups (broad SMARTS) is 1. The molecular weight excluding hydrogens is 318 g/mol. The van der Waals surface area contributed by atoms with Gasteiger partial charge < -0.3 is 10.4 Å². The number of thioether (sulfide) groups is 1. The molecule has 1 aromatic heterocycles. The lowest BCUT2D eigenvalue weighted by molar-refractivity contribution is -0.113. The molecule has 0 saturated carbocycles. The summed E-state index contributed by atoms with van der Waals surface area (Å²) in [5.74, 6) is -1.03. The summed E-state index contributed by atoms with van der Waals surface area (Å²) in [5, 5.41) is 13.8. The lowest BCUT2D eigenvalue weighted by Crippen LogP contribution is -2.14. The van der Waals surface area contributed by atoms with Crippen molar-refractivity contribution in [1.82, 2.24) is 0 Å². The number of carbonyl (C=O) groups is 2. The summed E-state index contributed by atoms with van der Waals surface area (Å²) in [6, 6.07) is 8.08. The molecule has 2 aromatic rings. The van der Waals surface area contributed by atoms with Gasteiger partial charge in [-0.3, -0.25) is 4.79 Å². The van der Waals surface area contributed by atoms with Crippen LogP contribution in [-0.2, 0) is 4.79 Å². The van der Waals surface area contributed by atoms with Gasteiger partial charge in [-0.25, -0.2) is 4.79 Å². The van der Waals surface area contributed by atoms with Crippen molar-refractivity contribution >= 4 is 52.3 Å². The van der Waals surface area contributed by atoms with Gasteiger partial charge >= 0.3 is 5.97 Å². The smallest absolute Gasteiger partial charge is 0.335 e. The van der Waals surface area contributed by atoms with Crippen LogP contribution in [-0.4, -0.2) is 22.7 Å². The third-order valence-electron chi connectivity index (χ3n) is 2.27. The van der Waals surface area contributed by atoms with Gasteiger partial charge in [-0.05, 0) is 29.6 Å². The number of anilines is 1. The van der Waals surface area contributed by atoms with E-state index >= 15 is 0 Å². The van der Waals surface area contributed by atoms with Gasteiger partial charge in [0.05, 0.1) is 15.5 Å². The number of carbonyl (C=O) groups excluding carboxylic acids is 1. The van der Waals surface area contributed by atoms with Gasteiger partial charge in [-0.2, -0.15) is 0 Å². The second kappa shape index (κ2) is 6.78. The molecule has 20 heavy (non-hydrogen) atoms. The Hall–Kier alpha value is -1.50. The largest absolute Gasteiger partial charge is 0.478 e. The zero-order chi connectivity index (χ0) is 14.5. The number of nitrogens with one attached hydrogen (secondary N) is 1. The fourth-order valence-corrected chi connectivity index (χ4v) is 3.28. The van der Waals surface area contributed by atoms with Crippen molar-refractivity contribution in [2.75, 3.05) is 11.1 Å². The van der Waals surface area contributed by atoms with E-state index in [1.165, 1.54) is 30.0 Å². The van der Waals surface area contributed by atoms with E-state index in [0.29, 0.717) is 5.69 Å². The Morgan fingerprint density at radius 1 is 1.35 bits per heavy atom. The molecule has 0 unspecified atom stereocenters. The highest BCUT2D eigenvalue weighted by atomic mass is 35.5. The van der Waals surface area contributed by atoms with Crippen LogP contribution in [0.25, 0.3) is 0 Å². The van der Waals surface area contributed by atoms with E-state index < -0.39 is 5.97 Å². The number of halogens is 1. The fraction of sp³-hybridized carbons (Fsp3) is 0.0769. The van der Waals surface area contributed by atoms with Crippen LogP contribution in [0.3, 0.4) is 0 Å². The topological polar surface area (TPSA) is 66.4 Å². The van der Waals surface area contributed by atoms with Crippen molar-refractivity contribution < 1.29 is 14.7 Å². The van der Waals surface area contributed by atoms with Crippen molar-refractivity contribution in [2.45, 2.75) is 4.21 Å². The summed E-state index contributed by atoms with van der Waals surface area (Å²) in [7, 11) is 0. The SMILES string of the molecule is O=C(CSc1cccs1)Nc1cc(Cl)cc(C(=O)O)c1. The van der Waals surface area contributed by atoms with Crippen LogP contribution in [0.15, 0.2) is 39.9 Å². The van der Waals surface area contributed by atoms with Crippen LogP contribution >= 0.6 is 34.7 Å². The summed E-state index contributed by atoms with van der Waals surface area (Å²) in [6.45, 7) is 0. The molecule has 1 heterocycles. The van der Waals surface area contributed by atoms with E-state index in [9.17, 15) is 9.59 Å². The van der Waals surface area contributed by atoms with Gasteiger partial charge in [0, 0.05) is 10.7 Å². The van der Waals surface area contributed by atoms with Crippen molar-refractivity contribution in [3.8, 4) is 0 Å². The summed E-state index contributed by atoms with van der Waals surface area (Å²) in [6.07, 6.45) is 0. The van der Waals surface area contributed by atoms with E-state index in [1.54, 1.807) is 11.3 Å². The van der Waals surface area contributed by atoms with Crippen LogP contribution in [0.5, 0.6) is 0 Å². The summed E-state index contributed by atoms with van der Waals surface area (Å²) in [4.78, 5) is 22.7. The van der Waals surface area contributed by atoms with Gasteiger partial charge in [0.1, 0.15) is 0 Å². The maximum atomic E-state index is 11.8. The minimum atomic E-state index is -1.09. The van der Waals surface area contributed by atoms with Gasteiger partial charge in [0.15, 0.2) is 0 Å². The number of rotatable bonds is 5. The third kappa shape index (κ3) is 4.26. The molecule has 0 aliphatic rings. The van der Waals surface area contributed by atoms with Crippen LogP contribution in [0.4, 0.5) is 5.69 Å². The molecule has 0 bridgehead atoms. The molecule has 2 rings (SSSR count). The standard InChI is InChI=1S/C13H10ClNO3S2/c14-9-4-8(13(17)18)5-10(6-9)15-11(16)7-20-12-2-1-3-19-12/h1-6H,7H2,(H,15,16)(H,17,18). The molecule has 0 radical (unpaired) electrons. The normalized spacial score (nSPS) is 10.2. The first-order valence-corrected chi connectivity index (χ1v) is 7.79. The van der Waals surface area contributed by atoms with E-state index in [4.69, 9.17) is 16.7 Å². The van der Waals surface area contributed by atoms with Gasteiger partial charge in [-0.15, -0.1) is 23.1 Å². The predicted octanol–water partition coefficient (Wildman–Crippen LogP) is 3.83. The first-order valence-electron chi connectivity index (χ1n) is 5.54. The second-order valence-corrected chi connectivity index (χ2v) is 6.46. The Labute approximate surface area is 128 Å². The van der Waals surface area contributed by atoms with Crippen LogP contribution in [0, 0.1) is 0 Å². The number of hydrogen-bond acceptors (Lipinski definition) is 4. The average Bonchev–Trinajstić information content (AvgIpc) is 2.88. The van der Waals surface area contributed by atoms with Crippen molar-refractivity contribution in [2.24, 2.45) is 0 Å². The number of carboxylic acids is 1. The van der Waals surface area contributed by atoms with E-state index in [-0.39, 0.29) is 22.2 Å². The molecule has 1 aromatic carbocycles. The number of thiophene rings is 1. The van der Waals surface area contributed by atoms with E-state index in [2.05, 4.69) is 5.32 Å². The molecule has 0 saturated heterocycles. The molecular formula is C13H10ClNO3S2. The Kier molecular flexibility index (Phi) is 5.05. The monoisotopic (exact) mass is 327 g/mol. The van der Waals surface area contributed by atoms with E-state index in [1.807, 2.05) is 17.5 Å². The zero-order valence-electron chi connectivity index (χ0n) is 10.1. The van der Waals surface area contributed by atoms with E-state index in [0.717, 1.165) is 4.21 Å². The van der Waals surface area contributed by atoms with Crippen molar-refractivity contribution in [1.29, 1.82) is 0 Å². The Bertz CT molecular complexity index is 629. The Balaban J connectivity index is 1.98. The lowest BCUT2D eigenvalue weighted by atomic mass is 10.2. The van der Waals surface area contributed by atoms with Crippen molar-refractivity contribution in [3.63, 3.8) is 0 Å². The number of amides is 1. The minimum absolute atomic E-state index is 0.0405. The average molecular weight is 328 g/mol. The molecule has 0 atom stereocenters. The summed E-state index contributed by atoms with van der Waals surface area (Å²) < 4.78 is 1.05. The van der Waals surface area contributed by atoms with Crippen LogP contribution < -0.4 is 5.32 Å². The first kappa shape index (κ1) is 14.9. The third-order valence-corrected chi connectivity index (χ3v) is 4.62. The fourth-order valence-electron chi connectivity index (χ4n) is 1.46. The summed E-state index contributed by atoms with van der Waals surface area (Å²) >= 11 is 8.81. The minimum Gasteiger partial charge on any atom is -0.478 e. The molecule has 4 nitrogen and oxygen atoms in total.